The number of carbonyl (C=O) groups is 1. The molecule has 19 heavy (non-hydrogen) atoms. The first kappa shape index (κ1) is 15.2. The summed E-state index contributed by atoms with van der Waals surface area (Å²) in [5.74, 6) is 0.252. The lowest BCUT2D eigenvalue weighted by molar-refractivity contribution is 0.102. The zero-order valence-corrected chi connectivity index (χ0v) is 11.6. The Balaban J connectivity index is 0.00000180. The molecule has 102 valence electrons. The highest BCUT2D eigenvalue weighted by atomic mass is 35.5. The topological polar surface area (TPSA) is 67.2 Å². The molecule has 0 aliphatic heterocycles. The Labute approximate surface area is 117 Å². The molecule has 0 bridgehead atoms. The van der Waals surface area contributed by atoms with Crippen molar-refractivity contribution in [3.63, 3.8) is 0 Å². The van der Waals surface area contributed by atoms with E-state index >= 15 is 0 Å². The Morgan fingerprint density at radius 2 is 2.21 bits per heavy atom. The molecule has 0 saturated carbocycles. The quantitative estimate of drug-likeness (QED) is 0.903. The number of benzene rings is 1. The van der Waals surface area contributed by atoms with Gasteiger partial charge in [-0.15, -0.1) is 12.4 Å². The van der Waals surface area contributed by atoms with Crippen LogP contribution in [0.25, 0.3) is 0 Å². The molecule has 0 fully saturated rings. The highest BCUT2D eigenvalue weighted by molar-refractivity contribution is 6.03. The second-order valence-corrected chi connectivity index (χ2v) is 3.94. The summed E-state index contributed by atoms with van der Waals surface area (Å²) < 4.78 is 5.00. The molecule has 1 aromatic carbocycles. The number of nitrogens with one attached hydrogen (secondary N) is 2. The number of halogens is 1. The number of anilines is 1. The number of rotatable bonds is 4. The fourth-order valence-corrected chi connectivity index (χ4v) is 1.68. The van der Waals surface area contributed by atoms with Crippen LogP contribution in [-0.4, -0.2) is 17.9 Å². The van der Waals surface area contributed by atoms with Crippen molar-refractivity contribution in [2.24, 2.45) is 0 Å². The minimum absolute atomic E-state index is 0. The molecule has 1 heterocycles. The van der Waals surface area contributed by atoms with Gasteiger partial charge in [0.15, 0.2) is 12.1 Å². The van der Waals surface area contributed by atoms with Crippen LogP contribution in [0.15, 0.2) is 35.1 Å². The molecule has 2 N–H and O–H groups in total. The molecule has 5 nitrogen and oxygen atoms in total. The molecule has 1 amide bonds. The lowest BCUT2D eigenvalue weighted by Crippen LogP contribution is -2.14. The maximum absolute atomic E-state index is 11.9. The van der Waals surface area contributed by atoms with Gasteiger partial charge in [-0.1, -0.05) is 12.1 Å². The van der Waals surface area contributed by atoms with Crippen molar-refractivity contribution in [1.82, 2.24) is 10.3 Å². The van der Waals surface area contributed by atoms with E-state index in [0.717, 1.165) is 17.8 Å². The SMILES string of the molecule is CNCc1cccc(NC(=O)c2ncoc2C)c1.Cl. The van der Waals surface area contributed by atoms with Crippen LogP contribution in [0.5, 0.6) is 0 Å². The van der Waals surface area contributed by atoms with Crippen LogP contribution in [0.3, 0.4) is 0 Å². The summed E-state index contributed by atoms with van der Waals surface area (Å²) in [6, 6.07) is 7.65. The van der Waals surface area contributed by atoms with Gasteiger partial charge in [-0.3, -0.25) is 4.79 Å². The zero-order chi connectivity index (χ0) is 13.0. The highest BCUT2D eigenvalue weighted by Gasteiger charge is 2.13. The number of amides is 1. The van der Waals surface area contributed by atoms with Gasteiger partial charge >= 0.3 is 0 Å². The van der Waals surface area contributed by atoms with Crippen molar-refractivity contribution in [1.29, 1.82) is 0 Å². The number of hydrogen-bond acceptors (Lipinski definition) is 4. The molecule has 0 atom stereocenters. The number of aryl methyl sites for hydroxylation is 1. The fraction of sp³-hybridized carbons (Fsp3) is 0.231. The summed E-state index contributed by atoms with van der Waals surface area (Å²) in [7, 11) is 1.88. The monoisotopic (exact) mass is 281 g/mol. The van der Waals surface area contributed by atoms with Crippen molar-refractivity contribution in [2.75, 3.05) is 12.4 Å². The van der Waals surface area contributed by atoms with E-state index in [9.17, 15) is 4.79 Å². The summed E-state index contributed by atoms with van der Waals surface area (Å²) in [4.78, 5) is 15.8. The Morgan fingerprint density at radius 3 is 2.84 bits per heavy atom. The Bertz CT molecular complexity index is 554. The zero-order valence-electron chi connectivity index (χ0n) is 10.8. The van der Waals surface area contributed by atoms with Gasteiger partial charge in [-0.05, 0) is 31.7 Å². The Morgan fingerprint density at radius 1 is 1.42 bits per heavy atom. The average Bonchev–Trinajstić information content (AvgIpc) is 2.76. The number of oxazole rings is 1. The normalized spacial score (nSPS) is 9.79. The minimum atomic E-state index is -0.261. The molecular weight excluding hydrogens is 266 g/mol. The number of aromatic nitrogens is 1. The van der Waals surface area contributed by atoms with E-state index in [1.54, 1.807) is 6.92 Å². The molecule has 2 rings (SSSR count). The van der Waals surface area contributed by atoms with Crippen LogP contribution >= 0.6 is 12.4 Å². The molecule has 0 aliphatic carbocycles. The van der Waals surface area contributed by atoms with E-state index < -0.39 is 0 Å². The average molecular weight is 282 g/mol. The fourth-order valence-electron chi connectivity index (χ4n) is 1.68. The first-order valence-electron chi connectivity index (χ1n) is 5.65. The predicted molar refractivity (Wildman–Crippen MR) is 75.6 cm³/mol. The van der Waals surface area contributed by atoms with E-state index in [4.69, 9.17) is 4.42 Å². The summed E-state index contributed by atoms with van der Waals surface area (Å²) in [5.41, 5.74) is 2.16. The molecule has 6 heteroatoms. The summed E-state index contributed by atoms with van der Waals surface area (Å²) in [6.07, 6.45) is 1.27. The van der Waals surface area contributed by atoms with E-state index in [2.05, 4.69) is 15.6 Å². The molecule has 0 spiro atoms. The molecule has 1 aromatic heterocycles. The second-order valence-electron chi connectivity index (χ2n) is 3.94. The number of hydrogen-bond donors (Lipinski definition) is 2. The summed E-state index contributed by atoms with van der Waals surface area (Å²) in [6.45, 7) is 2.46. The summed E-state index contributed by atoms with van der Waals surface area (Å²) in [5, 5.41) is 5.86. The van der Waals surface area contributed by atoms with Gasteiger partial charge in [-0.2, -0.15) is 0 Å². The third-order valence-electron chi connectivity index (χ3n) is 2.53. The van der Waals surface area contributed by atoms with Crippen molar-refractivity contribution >= 4 is 24.0 Å². The predicted octanol–water partition coefficient (Wildman–Crippen LogP) is 2.38. The van der Waals surface area contributed by atoms with Gasteiger partial charge in [0.05, 0.1) is 0 Å². The molecule has 0 unspecified atom stereocenters. The number of nitrogens with zero attached hydrogens (tertiary/aromatic N) is 1. The van der Waals surface area contributed by atoms with E-state index in [0.29, 0.717) is 11.5 Å². The van der Waals surface area contributed by atoms with Crippen LogP contribution in [0.4, 0.5) is 5.69 Å². The van der Waals surface area contributed by atoms with Gasteiger partial charge in [-0.25, -0.2) is 4.98 Å². The summed E-state index contributed by atoms with van der Waals surface area (Å²) >= 11 is 0. The van der Waals surface area contributed by atoms with Gasteiger partial charge in [0, 0.05) is 12.2 Å². The standard InChI is InChI=1S/C13H15N3O2.ClH/c1-9-12(15-8-18-9)13(17)16-11-5-3-4-10(6-11)7-14-2;/h3-6,8,14H,7H2,1-2H3,(H,16,17);1H. The first-order chi connectivity index (χ1) is 8.70. The molecular formula is C13H16ClN3O2. The Hall–Kier alpha value is -1.85. The van der Waals surface area contributed by atoms with Gasteiger partial charge in [0.2, 0.25) is 0 Å². The highest BCUT2D eigenvalue weighted by Crippen LogP contribution is 2.13. The third-order valence-corrected chi connectivity index (χ3v) is 2.53. The van der Waals surface area contributed by atoms with Crippen molar-refractivity contribution in [3.05, 3.63) is 47.7 Å². The Kier molecular flexibility index (Phi) is 5.54. The maximum atomic E-state index is 11.9. The first-order valence-corrected chi connectivity index (χ1v) is 5.65. The van der Waals surface area contributed by atoms with Crippen molar-refractivity contribution in [2.45, 2.75) is 13.5 Å². The van der Waals surface area contributed by atoms with Crippen molar-refractivity contribution < 1.29 is 9.21 Å². The molecule has 0 radical (unpaired) electrons. The maximum Gasteiger partial charge on any atom is 0.277 e. The smallest absolute Gasteiger partial charge is 0.277 e. The lowest BCUT2D eigenvalue weighted by atomic mass is 10.2. The van der Waals surface area contributed by atoms with Crippen molar-refractivity contribution in [3.8, 4) is 0 Å². The van der Waals surface area contributed by atoms with E-state index in [1.165, 1.54) is 6.39 Å². The van der Waals surface area contributed by atoms with E-state index in [1.807, 2.05) is 31.3 Å². The van der Waals surface area contributed by atoms with E-state index in [-0.39, 0.29) is 18.3 Å². The minimum Gasteiger partial charge on any atom is -0.448 e. The second kappa shape index (κ2) is 6.92. The molecule has 0 saturated heterocycles. The van der Waals surface area contributed by atoms with Crippen LogP contribution in [-0.2, 0) is 6.54 Å². The van der Waals surface area contributed by atoms with Gasteiger partial charge in [0.1, 0.15) is 5.76 Å². The largest absolute Gasteiger partial charge is 0.448 e. The molecule has 2 aromatic rings. The van der Waals surface area contributed by atoms with Gasteiger partial charge in [0.25, 0.3) is 5.91 Å². The van der Waals surface area contributed by atoms with Crippen LogP contribution < -0.4 is 10.6 Å². The lowest BCUT2D eigenvalue weighted by Gasteiger charge is -2.06. The molecule has 0 aliphatic rings. The van der Waals surface area contributed by atoms with Crippen LogP contribution in [0.2, 0.25) is 0 Å². The van der Waals surface area contributed by atoms with Gasteiger partial charge < -0.3 is 15.1 Å². The third kappa shape index (κ3) is 3.81. The number of carbonyl (C=O) groups excluding carboxylic acids is 1. The van der Waals surface area contributed by atoms with Crippen LogP contribution in [0.1, 0.15) is 21.8 Å². The van der Waals surface area contributed by atoms with Crippen LogP contribution in [0, 0.1) is 6.92 Å².